The average Bonchev–Trinajstić information content (AvgIpc) is 2.34. The maximum Gasteiger partial charge on any atom is 0.237 e. The molecule has 4 heteroatoms. The summed E-state index contributed by atoms with van der Waals surface area (Å²) in [7, 11) is 0. The van der Waals surface area contributed by atoms with E-state index in [1.807, 2.05) is 19.1 Å². The Morgan fingerprint density at radius 3 is 3.06 bits per heavy atom. The van der Waals surface area contributed by atoms with Crippen LogP contribution in [0, 0.1) is 17.2 Å². The van der Waals surface area contributed by atoms with Crippen molar-refractivity contribution in [1.29, 1.82) is 5.26 Å². The molecule has 1 aromatic rings. The minimum atomic E-state index is -0.629. The van der Waals surface area contributed by atoms with Gasteiger partial charge < -0.3 is 5.32 Å². The predicted octanol–water partition coefficient (Wildman–Crippen LogP) is 1.29. The van der Waals surface area contributed by atoms with Gasteiger partial charge in [-0.2, -0.15) is 5.26 Å². The summed E-state index contributed by atoms with van der Waals surface area (Å²) in [5.74, 6) is -0.830. The number of aromatic nitrogens is 1. The van der Waals surface area contributed by atoms with Gasteiger partial charge in [0.15, 0.2) is 0 Å². The first-order chi connectivity index (χ1) is 7.77. The first-order valence-electron chi connectivity index (χ1n) is 5.34. The van der Waals surface area contributed by atoms with Crippen molar-refractivity contribution >= 4 is 5.91 Å². The molecule has 4 nitrogen and oxygen atoms in total. The summed E-state index contributed by atoms with van der Waals surface area (Å²) in [5, 5.41) is 11.6. The second-order valence-electron chi connectivity index (χ2n) is 3.54. The van der Waals surface area contributed by atoms with Gasteiger partial charge in [-0.05, 0) is 24.5 Å². The van der Waals surface area contributed by atoms with Crippen LogP contribution in [0.15, 0.2) is 24.5 Å². The van der Waals surface area contributed by atoms with Crippen molar-refractivity contribution < 1.29 is 4.79 Å². The second kappa shape index (κ2) is 6.57. The Morgan fingerprint density at radius 1 is 1.69 bits per heavy atom. The van der Waals surface area contributed by atoms with E-state index in [2.05, 4.69) is 10.3 Å². The number of carbonyl (C=O) groups excluding carboxylic acids is 1. The van der Waals surface area contributed by atoms with E-state index >= 15 is 0 Å². The number of carbonyl (C=O) groups is 1. The number of amides is 1. The monoisotopic (exact) mass is 217 g/mol. The number of nitrogens with one attached hydrogen (secondary N) is 1. The van der Waals surface area contributed by atoms with Crippen molar-refractivity contribution in [1.82, 2.24) is 10.3 Å². The predicted molar refractivity (Wildman–Crippen MR) is 60.3 cm³/mol. The molecule has 84 valence electrons. The molecule has 0 fully saturated rings. The molecule has 1 atom stereocenters. The third kappa shape index (κ3) is 3.70. The fourth-order valence-corrected chi connectivity index (χ4v) is 1.32. The molecule has 1 heterocycles. The lowest BCUT2D eigenvalue weighted by molar-refractivity contribution is -0.123. The Labute approximate surface area is 95.3 Å². The van der Waals surface area contributed by atoms with Gasteiger partial charge in [0.25, 0.3) is 0 Å². The van der Waals surface area contributed by atoms with E-state index in [1.54, 1.807) is 18.5 Å². The van der Waals surface area contributed by atoms with E-state index in [0.717, 1.165) is 12.0 Å². The summed E-state index contributed by atoms with van der Waals surface area (Å²) < 4.78 is 0. The largest absolute Gasteiger partial charge is 0.355 e. The van der Waals surface area contributed by atoms with Gasteiger partial charge in [-0.15, -0.1) is 0 Å². The van der Waals surface area contributed by atoms with Crippen LogP contribution in [-0.2, 0) is 11.2 Å². The fraction of sp³-hybridized carbons (Fsp3) is 0.417. The van der Waals surface area contributed by atoms with E-state index in [9.17, 15) is 4.79 Å². The molecular formula is C12H15N3O. The van der Waals surface area contributed by atoms with E-state index in [-0.39, 0.29) is 5.91 Å². The van der Waals surface area contributed by atoms with Gasteiger partial charge in [0, 0.05) is 18.9 Å². The molecule has 0 spiro atoms. The molecule has 0 radical (unpaired) electrons. The van der Waals surface area contributed by atoms with Crippen LogP contribution in [0.25, 0.3) is 0 Å². The van der Waals surface area contributed by atoms with Gasteiger partial charge in [0.05, 0.1) is 6.07 Å². The molecule has 0 aliphatic heterocycles. The Balaban J connectivity index is 2.56. The van der Waals surface area contributed by atoms with Gasteiger partial charge in [0.2, 0.25) is 5.91 Å². The van der Waals surface area contributed by atoms with Crippen molar-refractivity contribution in [2.75, 3.05) is 6.54 Å². The van der Waals surface area contributed by atoms with Crippen molar-refractivity contribution in [3.05, 3.63) is 30.1 Å². The van der Waals surface area contributed by atoms with Crippen molar-refractivity contribution in [2.45, 2.75) is 19.8 Å². The summed E-state index contributed by atoms with van der Waals surface area (Å²) in [6, 6.07) is 5.68. The van der Waals surface area contributed by atoms with Crippen LogP contribution >= 0.6 is 0 Å². The lowest BCUT2D eigenvalue weighted by Gasteiger charge is -2.09. The highest BCUT2D eigenvalue weighted by Gasteiger charge is 2.17. The van der Waals surface area contributed by atoms with Crippen molar-refractivity contribution in [2.24, 2.45) is 5.92 Å². The fourth-order valence-electron chi connectivity index (χ4n) is 1.32. The van der Waals surface area contributed by atoms with Crippen LogP contribution in [0.5, 0.6) is 0 Å². The summed E-state index contributed by atoms with van der Waals surface area (Å²) in [5.41, 5.74) is 0.903. The lowest BCUT2D eigenvalue weighted by Crippen LogP contribution is -2.31. The zero-order valence-corrected chi connectivity index (χ0v) is 9.31. The molecule has 0 saturated carbocycles. The SMILES string of the molecule is CCCNC(=O)C(C#N)Cc1cccnc1. The summed E-state index contributed by atoms with van der Waals surface area (Å²) in [6.45, 7) is 2.59. The van der Waals surface area contributed by atoms with Gasteiger partial charge in [-0.25, -0.2) is 0 Å². The van der Waals surface area contributed by atoms with E-state index in [0.29, 0.717) is 13.0 Å². The number of rotatable bonds is 5. The molecule has 1 amide bonds. The first-order valence-corrected chi connectivity index (χ1v) is 5.34. The molecular weight excluding hydrogens is 202 g/mol. The van der Waals surface area contributed by atoms with Crippen LogP contribution in [0.2, 0.25) is 0 Å². The van der Waals surface area contributed by atoms with Gasteiger partial charge in [-0.1, -0.05) is 13.0 Å². The van der Waals surface area contributed by atoms with Gasteiger partial charge in [0.1, 0.15) is 5.92 Å². The lowest BCUT2D eigenvalue weighted by atomic mass is 10.0. The minimum Gasteiger partial charge on any atom is -0.355 e. The van der Waals surface area contributed by atoms with Gasteiger partial charge in [-0.3, -0.25) is 9.78 Å². The van der Waals surface area contributed by atoms with E-state index < -0.39 is 5.92 Å². The summed E-state index contributed by atoms with van der Waals surface area (Å²) in [6.07, 6.45) is 4.64. The van der Waals surface area contributed by atoms with Crippen LogP contribution < -0.4 is 5.32 Å². The highest BCUT2D eigenvalue weighted by molar-refractivity contribution is 5.81. The number of nitriles is 1. The Bertz CT molecular complexity index is 370. The van der Waals surface area contributed by atoms with Crippen molar-refractivity contribution in [3.63, 3.8) is 0 Å². The van der Waals surface area contributed by atoms with Crippen molar-refractivity contribution in [3.8, 4) is 6.07 Å². The number of hydrogen-bond donors (Lipinski definition) is 1. The third-order valence-electron chi connectivity index (χ3n) is 2.18. The average molecular weight is 217 g/mol. The molecule has 1 rings (SSSR count). The molecule has 1 N–H and O–H groups in total. The third-order valence-corrected chi connectivity index (χ3v) is 2.18. The summed E-state index contributed by atoms with van der Waals surface area (Å²) in [4.78, 5) is 15.5. The van der Waals surface area contributed by atoms with Crippen LogP contribution in [0.1, 0.15) is 18.9 Å². The Hall–Kier alpha value is -1.89. The summed E-state index contributed by atoms with van der Waals surface area (Å²) >= 11 is 0. The standard InChI is InChI=1S/C12H15N3O/c1-2-5-15-12(16)11(8-13)7-10-4-3-6-14-9-10/h3-4,6,9,11H,2,5,7H2,1H3,(H,15,16). The zero-order chi connectivity index (χ0) is 11.8. The normalized spacial score (nSPS) is 11.5. The molecule has 0 bridgehead atoms. The highest BCUT2D eigenvalue weighted by Crippen LogP contribution is 2.06. The molecule has 0 saturated heterocycles. The maximum atomic E-state index is 11.6. The number of pyridine rings is 1. The van der Waals surface area contributed by atoms with E-state index in [1.165, 1.54) is 0 Å². The van der Waals surface area contributed by atoms with Crippen LogP contribution in [0.3, 0.4) is 0 Å². The highest BCUT2D eigenvalue weighted by atomic mass is 16.1. The maximum absolute atomic E-state index is 11.6. The quantitative estimate of drug-likeness (QED) is 0.808. The molecule has 1 unspecified atom stereocenters. The minimum absolute atomic E-state index is 0.201. The number of nitrogens with zero attached hydrogens (tertiary/aromatic N) is 2. The topological polar surface area (TPSA) is 65.8 Å². The molecule has 0 aromatic carbocycles. The molecule has 1 aromatic heterocycles. The first kappa shape index (κ1) is 12.2. The van der Waals surface area contributed by atoms with Crippen LogP contribution in [0.4, 0.5) is 0 Å². The molecule has 0 aliphatic rings. The smallest absolute Gasteiger partial charge is 0.237 e. The van der Waals surface area contributed by atoms with Crippen LogP contribution in [-0.4, -0.2) is 17.4 Å². The second-order valence-corrected chi connectivity index (χ2v) is 3.54. The molecule has 0 aliphatic carbocycles. The van der Waals surface area contributed by atoms with Gasteiger partial charge >= 0.3 is 0 Å². The Morgan fingerprint density at radius 2 is 2.50 bits per heavy atom. The van der Waals surface area contributed by atoms with E-state index in [4.69, 9.17) is 5.26 Å². The Kier molecular flexibility index (Phi) is 5.00. The molecule has 16 heavy (non-hydrogen) atoms. The number of hydrogen-bond acceptors (Lipinski definition) is 3. The zero-order valence-electron chi connectivity index (χ0n) is 9.31.